The first-order valence-electron chi connectivity index (χ1n) is 8.30. The van der Waals surface area contributed by atoms with Crippen LogP contribution < -0.4 is 10.9 Å². The number of rotatable bonds is 4. The molecule has 120 valence electrons. The first-order chi connectivity index (χ1) is 10.6. The predicted molar refractivity (Wildman–Crippen MR) is 85.5 cm³/mol. The van der Waals surface area contributed by atoms with E-state index in [1.807, 2.05) is 12.3 Å². The number of carbonyl (C=O) groups excluding carboxylic acids is 1. The lowest BCUT2D eigenvalue weighted by Gasteiger charge is -2.34. The molecule has 5 heteroatoms. The molecule has 1 saturated heterocycles. The van der Waals surface area contributed by atoms with Gasteiger partial charge in [-0.2, -0.15) is 0 Å². The van der Waals surface area contributed by atoms with Gasteiger partial charge in [-0.1, -0.05) is 6.42 Å². The van der Waals surface area contributed by atoms with Gasteiger partial charge in [-0.05, 0) is 37.3 Å². The molecule has 0 spiro atoms. The Balaban J connectivity index is 1.46. The molecule has 1 aliphatic heterocycles. The highest BCUT2D eigenvalue weighted by molar-refractivity contribution is 5.79. The van der Waals surface area contributed by atoms with E-state index in [0.717, 1.165) is 50.9 Å². The van der Waals surface area contributed by atoms with E-state index in [4.69, 9.17) is 0 Å². The third kappa shape index (κ3) is 3.58. The average Bonchev–Trinajstić information content (AvgIpc) is 2.43. The third-order valence-corrected chi connectivity index (χ3v) is 4.98. The smallest absolute Gasteiger partial charge is 0.250 e. The van der Waals surface area contributed by atoms with Crippen LogP contribution in [0.3, 0.4) is 0 Å². The average molecular weight is 303 g/mol. The summed E-state index contributed by atoms with van der Waals surface area (Å²) in [4.78, 5) is 26.0. The van der Waals surface area contributed by atoms with E-state index in [0.29, 0.717) is 6.04 Å². The zero-order valence-electron chi connectivity index (χ0n) is 13.3. The number of hydrogen-bond donors (Lipinski definition) is 1. The number of aryl methyl sites for hydroxylation is 1. The lowest BCUT2D eigenvalue weighted by Crippen LogP contribution is -2.47. The molecule has 1 saturated carbocycles. The van der Waals surface area contributed by atoms with Crippen molar-refractivity contribution >= 4 is 5.91 Å². The zero-order chi connectivity index (χ0) is 15.5. The molecule has 3 rings (SSSR count). The summed E-state index contributed by atoms with van der Waals surface area (Å²) in [5.41, 5.74) is 1.11. The first kappa shape index (κ1) is 15.3. The van der Waals surface area contributed by atoms with Crippen molar-refractivity contribution in [3.05, 3.63) is 34.2 Å². The highest BCUT2D eigenvalue weighted by atomic mass is 16.2. The fourth-order valence-electron chi connectivity index (χ4n) is 3.17. The fourth-order valence-corrected chi connectivity index (χ4v) is 3.17. The van der Waals surface area contributed by atoms with E-state index < -0.39 is 0 Å². The highest BCUT2D eigenvalue weighted by Gasteiger charge is 2.28. The summed E-state index contributed by atoms with van der Waals surface area (Å²) in [7, 11) is 1.77. The van der Waals surface area contributed by atoms with Gasteiger partial charge in [-0.3, -0.25) is 14.5 Å². The van der Waals surface area contributed by atoms with Crippen LogP contribution in [-0.2, 0) is 18.4 Å². The number of hydrogen-bond acceptors (Lipinski definition) is 3. The van der Waals surface area contributed by atoms with Crippen LogP contribution in [0, 0.1) is 5.92 Å². The predicted octanol–water partition coefficient (Wildman–Crippen LogP) is 1.27. The van der Waals surface area contributed by atoms with Gasteiger partial charge >= 0.3 is 0 Å². The summed E-state index contributed by atoms with van der Waals surface area (Å²) >= 11 is 0. The molecule has 0 bridgehead atoms. The van der Waals surface area contributed by atoms with E-state index in [9.17, 15) is 9.59 Å². The van der Waals surface area contributed by atoms with Crippen LogP contribution in [0.2, 0.25) is 0 Å². The quantitative estimate of drug-likeness (QED) is 0.911. The fraction of sp³-hybridized carbons (Fsp3) is 0.647. The van der Waals surface area contributed by atoms with Crippen LogP contribution in [0.15, 0.2) is 23.1 Å². The standard InChI is InChI=1S/C17H25N3O2/c1-19-8-5-13(11-16(19)21)12-20-9-6-15(7-10-20)18-17(22)14-3-2-4-14/h5,8,11,14-15H,2-4,6-7,9-10,12H2,1H3,(H,18,22). The molecule has 0 aromatic carbocycles. The molecule has 1 aromatic heterocycles. The Kier molecular flexibility index (Phi) is 4.62. The van der Waals surface area contributed by atoms with E-state index in [1.165, 1.54) is 6.42 Å². The van der Waals surface area contributed by atoms with Gasteiger partial charge in [-0.15, -0.1) is 0 Å². The van der Waals surface area contributed by atoms with E-state index in [2.05, 4.69) is 10.2 Å². The molecule has 22 heavy (non-hydrogen) atoms. The number of nitrogens with one attached hydrogen (secondary N) is 1. The second kappa shape index (κ2) is 6.65. The van der Waals surface area contributed by atoms with Gasteiger partial charge in [0.15, 0.2) is 0 Å². The maximum absolute atomic E-state index is 12.0. The molecule has 0 radical (unpaired) electrons. The number of carbonyl (C=O) groups is 1. The van der Waals surface area contributed by atoms with E-state index in [-0.39, 0.29) is 17.4 Å². The van der Waals surface area contributed by atoms with Crippen molar-refractivity contribution in [2.24, 2.45) is 13.0 Å². The summed E-state index contributed by atoms with van der Waals surface area (Å²) in [6.07, 6.45) is 7.16. The van der Waals surface area contributed by atoms with Crippen LogP contribution in [0.25, 0.3) is 0 Å². The zero-order valence-corrected chi connectivity index (χ0v) is 13.3. The van der Waals surface area contributed by atoms with Crippen molar-refractivity contribution in [3.63, 3.8) is 0 Å². The summed E-state index contributed by atoms with van der Waals surface area (Å²) in [5, 5.41) is 3.20. The van der Waals surface area contributed by atoms with Crippen LogP contribution in [0.5, 0.6) is 0 Å². The largest absolute Gasteiger partial charge is 0.353 e. The summed E-state index contributed by atoms with van der Waals surface area (Å²) < 4.78 is 1.59. The Morgan fingerprint density at radius 2 is 2.00 bits per heavy atom. The van der Waals surface area contributed by atoms with Crippen LogP contribution in [0.4, 0.5) is 0 Å². The number of nitrogens with zero attached hydrogens (tertiary/aromatic N) is 2. The van der Waals surface area contributed by atoms with E-state index >= 15 is 0 Å². The minimum atomic E-state index is 0.0418. The van der Waals surface area contributed by atoms with Gasteiger partial charge in [0.25, 0.3) is 5.56 Å². The highest BCUT2D eigenvalue weighted by Crippen LogP contribution is 2.26. The van der Waals surface area contributed by atoms with Gasteiger partial charge < -0.3 is 9.88 Å². The molecule has 2 aliphatic rings. The van der Waals surface area contributed by atoms with Crippen molar-refractivity contribution < 1.29 is 4.79 Å². The second-order valence-electron chi connectivity index (χ2n) is 6.67. The molecule has 0 atom stereocenters. The number of aromatic nitrogens is 1. The lowest BCUT2D eigenvalue weighted by molar-refractivity contribution is -0.128. The Morgan fingerprint density at radius 1 is 1.27 bits per heavy atom. The molecular weight excluding hydrogens is 278 g/mol. The number of likely N-dealkylation sites (tertiary alicyclic amines) is 1. The van der Waals surface area contributed by atoms with Gasteiger partial charge in [0.2, 0.25) is 5.91 Å². The number of piperidine rings is 1. The maximum atomic E-state index is 12.0. The minimum absolute atomic E-state index is 0.0418. The minimum Gasteiger partial charge on any atom is -0.353 e. The number of pyridine rings is 1. The maximum Gasteiger partial charge on any atom is 0.250 e. The van der Waals surface area contributed by atoms with Gasteiger partial charge in [0.1, 0.15) is 0 Å². The van der Waals surface area contributed by atoms with Crippen molar-refractivity contribution in [1.29, 1.82) is 0 Å². The van der Waals surface area contributed by atoms with Crippen molar-refractivity contribution in [1.82, 2.24) is 14.8 Å². The SMILES string of the molecule is Cn1ccc(CN2CCC(NC(=O)C3CCC3)CC2)cc1=O. The van der Waals surface area contributed by atoms with Crippen molar-refractivity contribution in [2.75, 3.05) is 13.1 Å². The summed E-state index contributed by atoms with van der Waals surface area (Å²) in [6.45, 7) is 2.77. The Bertz CT molecular complexity index is 584. The Labute approximate surface area is 131 Å². The molecule has 0 unspecified atom stereocenters. The number of amides is 1. The second-order valence-corrected chi connectivity index (χ2v) is 6.67. The molecule has 5 nitrogen and oxygen atoms in total. The molecule has 1 amide bonds. The van der Waals surface area contributed by atoms with Gasteiger partial charge in [-0.25, -0.2) is 0 Å². The lowest BCUT2D eigenvalue weighted by atomic mass is 9.84. The molecule has 2 heterocycles. The summed E-state index contributed by atoms with van der Waals surface area (Å²) in [6, 6.07) is 4.05. The molecular formula is C17H25N3O2. The normalized spacial score (nSPS) is 20.6. The van der Waals surface area contributed by atoms with E-state index in [1.54, 1.807) is 17.7 Å². The summed E-state index contributed by atoms with van der Waals surface area (Å²) in [5.74, 6) is 0.537. The Morgan fingerprint density at radius 3 is 2.59 bits per heavy atom. The van der Waals surface area contributed by atoms with Crippen LogP contribution in [0.1, 0.15) is 37.7 Å². The third-order valence-electron chi connectivity index (χ3n) is 4.98. The Hall–Kier alpha value is -1.62. The van der Waals surface area contributed by atoms with Crippen LogP contribution >= 0.6 is 0 Å². The first-order valence-corrected chi connectivity index (χ1v) is 8.30. The topological polar surface area (TPSA) is 54.3 Å². The molecule has 1 aliphatic carbocycles. The monoisotopic (exact) mass is 303 g/mol. The molecule has 1 N–H and O–H groups in total. The van der Waals surface area contributed by atoms with Gasteiger partial charge in [0.05, 0.1) is 0 Å². The van der Waals surface area contributed by atoms with Crippen molar-refractivity contribution in [3.8, 4) is 0 Å². The molecule has 2 fully saturated rings. The molecule has 1 aromatic rings. The van der Waals surface area contributed by atoms with Crippen molar-refractivity contribution in [2.45, 2.75) is 44.7 Å². The van der Waals surface area contributed by atoms with Gasteiger partial charge in [0, 0.05) is 50.9 Å². The van der Waals surface area contributed by atoms with Crippen LogP contribution in [-0.4, -0.2) is 34.5 Å².